The summed E-state index contributed by atoms with van der Waals surface area (Å²) in [6.45, 7) is 33.6. The second-order valence-electron chi connectivity index (χ2n) is 39.2. The first-order valence-corrected chi connectivity index (χ1v) is 43.6. The Kier molecular flexibility index (Phi) is 25.8. The first-order valence-electron chi connectivity index (χ1n) is 43.6. The molecule has 3 aromatic carbocycles. The Morgan fingerprint density at radius 3 is 1.39 bits per heavy atom. The number of hydrogen-bond acceptors (Lipinski definition) is 32. The number of alkyl carbamates (subject to hydrolysis) is 1. The number of rotatable bonds is 21. The van der Waals surface area contributed by atoms with Gasteiger partial charge in [0.1, 0.15) is 29.3 Å². The normalized spacial score (nSPS) is 35.2. The van der Waals surface area contributed by atoms with Crippen LogP contribution in [-0.4, -0.2) is 218 Å². The molecule has 6 aliphatic carbocycles. The van der Waals surface area contributed by atoms with E-state index in [0.29, 0.717) is 29.9 Å². The number of carbonyl (C=O) groups is 13. The monoisotopic (exact) mass is 1790 g/mol. The van der Waals surface area contributed by atoms with Gasteiger partial charge in [-0.25, -0.2) is 33.6 Å². The number of ether oxygens (including phenoxy) is 18. The number of carbonyl (C=O) groups excluding carboxylic acids is 13. The van der Waals surface area contributed by atoms with E-state index in [9.17, 15) is 53.1 Å². The van der Waals surface area contributed by atoms with Gasteiger partial charge in [0.25, 0.3) is 0 Å². The summed E-state index contributed by atoms with van der Waals surface area (Å²) in [5, 5.41) is 14.2. The van der Waals surface area contributed by atoms with Crippen LogP contribution in [0.25, 0.3) is 0 Å². The van der Waals surface area contributed by atoms with Crippen molar-refractivity contribution in [2.75, 3.05) is 27.4 Å². The lowest BCUT2D eigenvalue weighted by molar-refractivity contribution is -0.340. The third-order valence-electron chi connectivity index (χ3n) is 28.8. The quantitative estimate of drug-likeness (QED) is 0.0568. The zero-order valence-electron chi connectivity index (χ0n) is 76.7. The summed E-state index contributed by atoms with van der Waals surface area (Å²) < 4.78 is 111. The van der Waals surface area contributed by atoms with E-state index in [1.54, 1.807) is 144 Å². The van der Waals surface area contributed by atoms with Crippen molar-refractivity contribution in [2.24, 2.45) is 63.1 Å². The molecule has 9 fully saturated rings. The molecule has 0 radical (unpaired) electrons. The van der Waals surface area contributed by atoms with Gasteiger partial charge in [-0.1, -0.05) is 119 Å². The summed E-state index contributed by atoms with van der Waals surface area (Å²) in [4.78, 5) is 184. The van der Waals surface area contributed by atoms with Crippen LogP contribution in [-0.2, 0) is 114 Å². The molecule has 14 rings (SSSR count). The SMILES string of the molecule is CC(=O)OC1C(=O)[C@]2(C)[C@@H](C)CC3OC[C@@]3(OC(C)=O)[C@H]2[C@H](OC(=O)c2ccccc2)[C@]23OC(=O)O[C@H]2[C@H](OC(=O)[C@H](O)[C@H](CC(C)C)NC(=O)OC(C)(C)C)C(C)=C1C3(C)C.COc1ccc(C2CC(CC(C)C)C(C(=O)O[C@@H]3C(C)=C4[C@@H](OC(C)=O)C(=O)[C@]5(C)[C@@H](C)CC6OC[C@@]6(OC(C)=O)[C@H]5[C@H](OC(=O)c5ccccc5)[C@@]5(OC(=O)O[C@@H]35)C4(C)C)O2)c(OC)c1. The Morgan fingerprint density at radius 1 is 0.562 bits per heavy atom. The number of nitrogens with one attached hydrogen (secondary N) is 1. The van der Waals surface area contributed by atoms with Crippen LogP contribution in [0.5, 0.6) is 11.5 Å². The average Bonchev–Trinajstić information content (AvgIpc) is 1.20. The van der Waals surface area contributed by atoms with Crippen LogP contribution in [0.3, 0.4) is 0 Å². The molecule has 1 amide bonds. The molecule has 5 aliphatic heterocycles. The number of fused-ring (bicyclic) bond motifs is 8. The van der Waals surface area contributed by atoms with Crippen molar-refractivity contribution in [3.63, 3.8) is 0 Å². The molecule has 0 aromatic heterocycles. The van der Waals surface area contributed by atoms with Gasteiger partial charge in [0.15, 0.2) is 83.8 Å². The maximum Gasteiger partial charge on any atom is 0.509 e. The lowest BCUT2D eigenvalue weighted by Crippen LogP contribution is -2.82. The molecule has 2 N–H and O–H groups in total. The molecule has 128 heavy (non-hydrogen) atoms. The van der Waals surface area contributed by atoms with Gasteiger partial charge in [0, 0.05) is 61.0 Å². The Bertz CT molecular complexity index is 4990. The van der Waals surface area contributed by atoms with E-state index in [1.165, 1.54) is 46.9 Å². The number of amides is 1. The predicted octanol–water partition coefficient (Wildman–Crippen LogP) is 11.8. The van der Waals surface area contributed by atoms with Gasteiger partial charge in [-0.05, 0) is 155 Å². The summed E-state index contributed by atoms with van der Waals surface area (Å²) in [5.41, 5.74) is -13.7. The number of hydrogen-bond donors (Lipinski definition) is 2. The minimum Gasteiger partial charge on any atom is -0.497 e. The lowest BCUT2D eigenvalue weighted by atomic mass is 9.43. The van der Waals surface area contributed by atoms with Crippen molar-refractivity contribution in [1.82, 2.24) is 5.32 Å². The highest BCUT2D eigenvalue weighted by Crippen LogP contribution is 2.71. The minimum absolute atomic E-state index is 0.0614. The molecule has 33 heteroatoms. The molecule has 3 aromatic rings. The number of methoxy groups -OCH3 is 2. The standard InChI is InChI=1S/C50H60O16.C45H59NO16/c1-24(2)19-30-21-34(32-18-17-31(57-10)22-33(32)58-11)61-38(30)45(55)62-37-26(4)36-39(60-27(5)51)41(53)48(9)25(3)20-35-49(23-59-35,65-28(6)52)40(48)43(63-44(54)29-15-13-12-14-16-29)50(47(36,7)8)42(37)64-46(56)66-50;1-21(2)18-27(46-39(53)61-41(7,8)9)30(49)38(52)57-31-23(4)29-32(56-24(5)47)34(50)43(12)22(3)19-28-44(20-55-28,60-25(6)48)33(43)36(58-37(51)26-16-14-13-15-17-26)45(42(29,10)11)35(31)59-40(54)62-45/h12-18,22,24-25,30,34-35,37-40,42-43H,19-21,23H2,1-11H3;13-17,21-22,27-28,30-33,35-36,49H,18-20H2,1-12H3,(H,46,53)/t25-,30?,34?,35?,37+,38?,39+,40-,42-,43-,48+,49-,50+;22-,27-,28?,30+,31+,32?,33-,35-,36-,43+,44-,45+/m00/s1. The van der Waals surface area contributed by atoms with E-state index >= 15 is 14.4 Å². The van der Waals surface area contributed by atoms with Gasteiger partial charge in [-0.3, -0.25) is 28.8 Å². The molecule has 4 saturated carbocycles. The Morgan fingerprint density at radius 2 is 1.01 bits per heavy atom. The Hall–Kier alpha value is -10.5. The third kappa shape index (κ3) is 15.8. The highest BCUT2D eigenvalue weighted by atomic mass is 16.8. The molecule has 5 heterocycles. The Labute approximate surface area is 743 Å². The molecule has 25 atom stereocenters. The average molecular weight is 1790 g/mol. The third-order valence-corrected chi connectivity index (χ3v) is 28.8. The molecule has 6 unspecified atom stereocenters. The van der Waals surface area contributed by atoms with Crippen molar-refractivity contribution >= 4 is 77.7 Å². The van der Waals surface area contributed by atoms with Crippen LogP contribution in [0.1, 0.15) is 210 Å². The number of Topliss-reactive ketones (excluding diaryl/α,β-unsaturated/α-hetero) is 2. The first-order chi connectivity index (χ1) is 59.9. The van der Waals surface area contributed by atoms with Crippen LogP contribution in [0.4, 0.5) is 14.4 Å². The molecule has 5 saturated heterocycles. The van der Waals surface area contributed by atoms with Crippen molar-refractivity contribution in [1.29, 1.82) is 0 Å². The maximum atomic E-state index is 15.9. The van der Waals surface area contributed by atoms with Crippen LogP contribution in [0, 0.1) is 63.1 Å². The van der Waals surface area contributed by atoms with Gasteiger partial charge in [0.05, 0.1) is 62.5 Å². The number of aliphatic hydroxyl groups is 1. The summed E-state index contributed by atoms with van der Waals surface area (Å²) in [6, 6.07) is 20.2. The van der Waals surface area contributed by atoms with Crippen molar-refractivity contribution in [3.8, 4) is 11.5 Å². The van der Waals surface area contributed by atoms with Gasteiger partial charge < -0.3 is 95.7 Å². The number of benzene rings is 3. The lowest BCUT2D eigenvalue weighted by Gasteiger charge is -2.67. The van der Waals surface area contributed by atoms with Crippen LogP contribution < -0.4 is 14.8 Å². The zero-order valence-corrected chi connectivity index (χ0v) is 76.7. The number of esters is 8. The fraction of sp³-hybridized carbons (Fsp3) is 0.632. The topological polar surface area (TPSA) is 420 Å². The van der Waals surface area contributed by atoms with E-state index in [4.69, 9.17) is 85.3 Å². The van der Waals surface area contributed by atoms with Gasteiger partial charge in [0.2, 0.25) is 11.2 Å². The van der Waals surface area contributed by atoms with Crippen LogP contribution in [0.2, 0.25) is 0 Å². The molecule has 696 valence electrons. The van der Waals surface area contributed by atoms with Crippen LogP contribution >= 0.6 is 0 Å². The fourth-order valence-electron chi connectivity index (χ4n) is 23.0. The number of ketones is 2. The summed E-state index contributed by atoms with van der Waals surface area (Å²) in [6.07, 6.45) is -20.3. The smallest absolute Gasteiger partial charge is 0.497 e. The van der Waals surface area contributed by atoms with Crippen molar-refractivity contribution < 1.29 is 153 Å². The van der Waals surface area contributed by atoms with Gasteiger partial charge in [-0.2, -0.15) is 0 Å². The van der Waals surface area contributed by atoms with E-state index < -0.39 is 236 Å². The van der Waals surface area contributed by atoms with E-state index in [2.05, 4.69) is 5.32 Å². The van der Waals surface area contributed by atoms with E-state index in [-0.39, 0.29) is 83.6 Å². The van der Waals surface area contributed by atoms with Gasteiger partial charge >= 0.3 is 66.2 Å². The minimum atomic E-state index is -2.25. The zero-order chi connectivity index (χ0) is 93.9. The molecular weight excluding hydrogens is 1670 g/mol. The molecule has 2 spiro atoms. The first kappa shape index (κ1) is 95.1. The van der Waals surface area contributed by atoms with Gasteiger partial charge in [-0.15, -0.1) is 0 Å². The van der Waals surface area contributed by atoms with E-state index in [0.717, 1.165) is 6.92 Å². The second-order valence-corrected chi connectivity index (χ2v) is 39.2. The summed E-state index contributed by atoms with van der Waals surface area (Å²) in [5.74, 6) is -11.3. The molecule has 11 aliphatic rings. The molecular formula is C95H119NO32. The molecule has 4 bridgehead atoms. The number of aliphatic hydroxyl groups excluding tert-OH is 1. The predicted molar refractivity (Wildman–Crippen MR) is 446 cm³/mol. The fourth-order valence-corrected chi connectivity index (χ4v) is 23.0. The summed E-state index contributed by atoms with van der Waals surface area (Å²) >= 11 is 0. The van der Waals surface area contributed by atoms with Crippen LogP contribution in [0.15, 0.2) is 101 Å². The Balaban J connectivity index is 0.000000219. The summed E-state index contributed by atoms with van der Waals surface area (Å²) in [7, 11) is 3.09. The highest BCUT2D eigenvalue weighted by Gasteiger charge is 2.86. The maximum absolute atomic E-state index is 15.9. The molecule has 33 nitrogen and oxygen atoms in total. The van der Waals surface area contributed by atoms with Crippen molar-refractivity contribution in [2.45, 2.75) is 291 Å². The highest BCUT2D eigenvalue weighted by molar-refractivity contribution is 5.97. The van der Waals surface area contributed by atoms with E-state index in [1.807, 2.05) is 40.7 Å². The largest absolute Gasteiger partial charge is 0.509 e. The second kappa shape index (κ2) is 34.7. The van der Waals surface area contributed by atoms with Crippen molar-refractivity contribution in [3.05, 3.63) is 118 Å².